The van der Waals surface area contributed by atoms with Crippen LogP contribution in [0.1, 0.15) is 12.5 Å². The Bertz CT molecular complexity index is 424. The van der Waals surface area contributed by atoms with Gasteiger partial charge in [0.15, 0.2) is 0 Å². The van der Waals surface area contributed by atoms with Crippen LogP contribution in [0.15, 0.2) is 18.2 Å². The summed E-state index contributed by atoms with van der Waals surface area (Å²) >= 11 is 0. The quantitative estimate of drug-likeness (QED) is 0.785. The number of nitrogens with one attached hydrogen (secondary N) is 1. The van der Waals surface area contributed by atoms with Crippen LogP contribution in [0.3, 0.4) is 0 Å². The molecular formula is C9H9FN4. The highest BCUT2D eigenvalue weighted by atomic mass is 19.1. The summed E-state index contributed by atoms with van der Waals surface area (Å²) in [4.78, 5) is 0. The molecule has 0 saturated carbocycles. The summed E-state index contributed by atoms with van der Waals surface area (Å²) < 4.78 is 13.5. The van der Waals surface area contributed by atoms with Crippen LogP contribution in [0.25, 0.3) is 11.4 Å². The zero-order valence-electron chi connectivity index (χ0n) is 7.66. The van der Waals surface area contributed by atoms with Crippen molar-refractivity contribution in [1.29, 1.82) is 0 Å². The molecule has 0 spiro atoms. The molecule has 0 amide bonds. The fourth-order valence-corrected chi connectivity index (χ4v) is 1.24. The van der Waals surface area contributed by atoms with Gasteiger partial charge in [-0.3, -0.25) is 0 Å². The Labute approximate surface area is 80.2 Å². The summed E-state index contributed by atoms with van der Waals surface area (Å²) in [6, 6.07) is 5.01. The van der Waals surface area contributed by atoms with Gasteiger partial charge in [-0.15, -0.1) is 10.2 Å². The zero-order chi connectivity index (χ0) is 9.97. The smallest absolute Gasteiger partial charge is 0.206 e. The van der Waals surface area contributed by atoms with Gasteiger partial charge in [0, 0.05) is 0 Å². The summed E-state index contributed by atoms with van der Waals surface area (Å²) in [5.74, 6) is -0.0316. The van der Waals surface area contributed by atoms with E-state index in [4.69, 9.17) is 0 Å². The number of aromatic amines is 1. The van der Waals surface area contributed by atoms with Gasteiger partial charge < -0.3 is 0 Å². The third-order valence-corrected chi connectivity index (χ3v) is 2.03. The summed E-state index contributed by atoms with van der Waals surface area (Å²) in [6.07, 6.45) is 0.809. The molecule has 1 heterocycles. The van der Waals surface area contributed by atoms with Gasteiger partial charge in [-0.2, -0.15) is 5.21 Å². The van der Waals surface area contributed by atoms with Gasteiger partial charge in [0.1, 0.15) is 5.82 Å². The molecule has 0 radical (unpaired) electrons. The third kappa shape index (κ3) is 1.48. The maximum absolute atomic E-state index is 13.5. The summed E-state index contributed by atoms with van der Waals surface area (Å²) in [6.45, 7) is 1.97. The van der Waals surface area contributed by atoms with Crippen molar-refractivity contribution in [2.24, 2.45) is 0 Å². The molecule has 2 aromatic rings. The van der Waals surface area contributed by atoms with Gasteiger partial charge in [-0.05, 0) is 29.3 Å². The highest BCUT2D eigenvalue weighted by molar-refractivity contribution is 5.55. The number of benzene rings is 1. The first kappa shape index (κ1) is 8.80. The lowest BCUT2D eigenvalue weighted by molar-refractivity contribution is 0.628. The molecule has 5 heteroatoms. The van der Waals surface area contributed by atoms with Crippen molar-refractivity contribution in [2.45, 2.75) is 13.3 Å². The van der Waals surface area contributed by atoms with Gasteiger partial charge in [0.25, 0.3) is 0 Å². The summed E-state index contributed by atoms with van der Waals surface area (Å²) in [5, 5.41) is 13.1. The van der Waals surface area contributed by atoms with Crippen molar-refractivity contribution >= 4 is 0 Å². The lowest BCUT2D eigenvalue weighted by Crippen LogP contribution is -1.89. The minimum atomic E-state index is -0.314. The number of rotatable bonds is 2. The van der Waals surface area contributed by atoms with Crippen molar-refractivity contribution in [3.05, 3.63) is 29.6 Å². The van der Waals surface area contributed by atoms with Crippen LogP contribution in [0.4, 0.5) is 4.39 Å². The second kappa shape index (κ2) is 3.53. The maximum Gasteiger partial charge on any atom is 0.207 e. The standard InChI is InChI=1S/C9H9FN4/c1-2-6-3-4-7(8(10)5-6)9-11-13-14-12-9/h3-5H,2H2,1H3,(H,11,12,13,14). The van der Waals surface area contributed by atoms with E-state index in [0.717, 1.165) is 12.0 Å². The van der Waals surface area contributed by atoms with E-state index in [2.05, 4.69) is 20.6 Å². The molecule has 4 nitrogen and oxygen atoms in total. The van der Waals surface area contributed by atoms with E-state index >= 15 is 0 Å². The molecule has 0 atom stereocenters. The molecule has 0 unspecified atom stereocenters. The van der Waals surface area contributed by atoms with Crippen LogP contribution in [-0.2, 0) is 6.42 Å². The van der Waals surface area contributed by atoms with Gasteiger partial charge in [0.05, 0.1) is 5.56 Å². The number of nitrogens with zero attached hydrogens (tertiary/aromatic N) is 3. The van der Waals surface area contributed by atoms with Crippen molar-refractivity contribution in [3.8, 4) is 11.4 Å². The molecule has 0 saturated heterocycles. The second-order valence-corrected chi connectivity index (χ2v) is 2.90. The van der Waals surface area contributed by atoms with Crippen molar-refractivity contribution in [1.82, 2.24) is 20.6 Å². The fourth-order valence-electron chi connectivity index (χ4n) is 1.24. The molecule has 14 heavy (non-hydrogen) atoms. The number of hydrogen-bond donors (Lipinski definition) is 1. The van der Waals surface area contributed by atoms with E-state index in [1.54, 1.807) is 6.07 Å². The molecule has 0 aliphatic heterocycles. The van der Waals surface area contributed by atoms with Crippen LogP contribution in [0.2, 0.25) is 0 Å². The van der Waals surface area contributed by atoms with E-state index in [-0.39, 0.29) is 11.6 Å². The monoisotopic (exact) mass is 192 g/mol. The number of H-pyrrole nitrogens is 1. The Morgan fingerprint density at radius 1 is 1.43 bits per heavy atom. The summed E-state index contributed by atoms with van der Waals surface area (Å²) in [5.41, 5.74) is 1.32. The first-order chi connectivity index (χ1) is 6.81. The van der Waals surface area contributed by atoms with Crippen molar-refractivity contribution < 1.29 is 4.39 Å². The Morgan fingerprint density at radius 3 is 2.86 bits per heavy atom. The first-order valence-electron chi connectivity index (χ1n) is 4.33. The maximum atomic E-state index is 13.5. The second-order valence-electron chi connectivity index (χ2n) is 2.90. The van der Waals surface area contributed by atoms with E-state index in [1.165, 1.54) is 6.07 Å². The molecule has 1 aromatic carbocycles. The van der Waals surface area contributed by atoms with E-state index in [1.807, 2.05) is 13.0 Å². The highest BCUT2D eigenvalue weighted by Crippen LogP contribution is 2.19. The zero-order valence-corrected chi connectivity index (χ0v) is 7.66. The van der Waals surface area contributed by atoms with Crippen LogP contribution < -0.4 is 0 Å². The van der Waals surface area contributed by atoms with Crippen molar-refractivity contribution in [2.75, 3.05) is 0 Å². The number of halogens is 1. The van der Waals surface area contributed by atoms with Crippen LogP contribution >= 0.6 is 0 Å². The van der Waals surface area contributed by atoms with Crippen LogP contribution in [0, 0.1) is 5.82 Å². The fraction of sp³-hybridized carbons (Fsp3) is 0.222. The molecular weight excluding hydrogens is 183 g/mol. The number of hydrogen-bond acceptors (Lipinski definition) is 3. The Kier molecular flexibility index (Phi) is 2.22. The first-order valence-corrected chi connectivity index (χ1v) is 4.33. The average molecular weight is 192 g/mol. The molecule has 0 aliphatic carbocycles. The lowest BCUT2D eigenvalue weighted by atomic mass is 10.1. The van der Waals surface area contributed by atoms with Crippen molar-refractivity contribution in [3.63, 3.8) is 0 Å². The molecule has 0 fully saturated rings. The van der Waals surface area contributed by atoms with Crippen LogP contribution in [0.5, 0.6) is 0 Å². The minimum absolute atomic E-state index is 0.283. The Hall–Kier alpha value is -1.78. The van der Waals surface area contributed by atoms with Gasteiger partial charge >= 0.3 is 0 Å². The predicted molar refractivity (Wildman–Crippen MR) is 48.9 cm³/mol. The molecule has 1 aromatic heterocycles. The normalized spacial score (nSPS) is 10.4. The molecule has 0 bridgehead atoms. The SMILES string of the molecule is CCc1ccc(-c2nn[nH]n2)c(F)c1. The number of aromatic nitrogens is 4. The minimum Gasteiger partial charge on any atom is -0.206 e. The van der Waals surface area contributed by atoms with Gasteiger partial charge in [-0.25, -0.2) is 4.39 Å². The van der Waals surface area contributed by atoms with E-state index in [9.17, 15) is 4.39 Å². The van der Waals surface area contributed by atoms with Gasteiger partial charge in [-0.1, -0.05) is 13.0 Å². The topological polar surface area (TPSA) is 54.5 Å². The van der Waals surface area contributed by atoms with Crippen LogP contribution in [-0.4, -0.2) is 20.6 Å². The molecule has 2 rings (SSSR count). The number of tetrazole rings is 1. The average Bonchev–Trinajstić information content (AvgIpc) is 2.70. The summed E-state index contributed by atoms with van der Waals surface area (Å²) in [7, 11) is 0. The predicted octanol–water partition coefficient (Wildman–Crippen LogP) is 1.57. The Morgan fingerprint density at radius 2 is 2.29 bits per heavy atom. The van der Waals surface area contributed by atoms with E-state index in [0.29, 0.717) is 5.56 Å². The highest BCUT2D eigenvalue weighted by Gasteiger charge is 2.09. The largest absolute Gasteiger partial charge is 0.207 e. The number of aryl methyl sites for hydroxylation is 1. The lowest BCUT2D eigenvalue weighted by Gasteiger charge is -2.00. The molecule has 72 valence electrons. The third-order valence-electron chi connectivity index (χ3n) is 2.03. The van der Waals surface area contributed by atoms with E-state index < -0.39 is 0 Å². The Balaban J connectivity index is 2.46. The molecule has 0 aliphatic rings. The van der Waals surface area contributed by atoms with Gasteiger partial charge in [0.2, 0.25) is 5.82 Å². The molecule has 1 N–H and O–H groups in total.